The zero-order valence-corrected chi connectivity index (χ0v) is 10.00. The molecule has 0 saturated heterocycles. The molecule has 0 saturated carbocycles. The molecule has 1 rings (SSSR count). The zero-order valence-electron chi connectivity index (χ0n) is 10.00. The Balaban J connectivity index is 2.95. The second-order valence-electron chi connectivity index (χ2n) is 4.11. The standard InChI is InChI=1S/C12H17FN2O2/c1-8(2)6-17-12-3-9(5-14)11(15-7-16)4-10(12)13/h3-4,7-8H,5-6,14H2,1-2H3,(H,15,16). The van der Waals surface area contributed by atoms with Crippen molar-refractivity contribution in [2.24, 2.45) is 11.7 Å². The molecule has 0 aliphatic heterocycles. The second-order valence-corrected chi connectivity index (χ2v) is 4.11. The highest BCUT2D eigenvalue weighted by Gasteiger charge is 2.10. The van der Waals surface area contributed by atoms with Crippen molar-refractivity contribution in [1.82, 2.24) is 0 Å². The van der Waals surface area contributed by atoms with Crippen molar-refractivity contribution < 1.29 is 13.9 Å². The summed E-state index contributed by atoms with van der Waals surface area (Å²) in [7, 11) is 0. The highest BCUT2D eigenvalue weighted by Crippen LogP contribution is 2.26. The Morgan fingerprint density at radius 2 is 2.24 bits per heavy atom. The van der Waals surface area contributed by atoms with Crippen molar-refractivity contribution in [3.8, 4) is 5.75 Å². The van der Waals surface area contributed by atoms with Gasteiger partial charge in [-0.05, 0) is 17.5 Å². The van der Waals surface area contributed by atoms with Crippen molar-refractivity contribution in [2.75, 3.05) is 11.9 Å². The number of nitrogens with one attached hydrogen (secondary N) is 1. The van der Waals surface area contributed by atoms with Gasteiger partial charge in [-0.15, -0.1) is 0 Å². The van der Waals surface area contributed by atoms with Crippen LogP contribution in [0.5, 0.6) is 5.75 Å². The molecule has 0 bridgehead atoms. The summed E-state index contributed by atoms with van der Waals surface area (Å²) >= 11 is 0. The van der Waals surface area contributed by atoms with E-state index in [2.05, 4.69) is 5.32 Å². The monoisotopic (exact) mass is 240 g/mol. The zero-order chi connectivity index (χ0) is 12.8. The van der Waals surface area contributed by atoms with Crippen LogP contribution in [0.4, 0.5) is 10.1 Å². The van der Waals surface area contributed by atoms with Gasteiger partial charge < -0.3 is 15.8 Å². The summed E-state index contributed by atoms with van der Waals surface area (Å²) in [5, 5.41) is 2.40. The van der Waals surface area contributed by atoms with Gasteiger partial charge in [0.15, 0.2) is 11.6 Å². The number of rotatable bonds is 6. The Labute approximate surface area is 100.0 Å². The molecule has 1 aromatic rings. The minimum absolute atomic E-state index is 0.163. The largest absolute Gasteiger partial charge is 0.490 e. The summed E-state index contributed by atoms with van der Waals surface area (Å²) in [5.74, 6) is -0.0358. The highest BCUT2D eigenvalue weighted by molar-refractivity contribution is 5.74. The molecular formula is C12H17FN2O2. The molecule has 0 unspecified atom stereocenters. The molecule has 0 aromatic heterocycles. The quantitative estimate of drug-likeness (QED) is 0.746. The molecule has 0 atom stereocenters. The van der Waals surface area contributed by atoms with Crippen molar-refractivity contribution in [1.29, 1.82) is 0 Å². The number of carbonyl (C=O) groups excluding carboxylic acids is 1. The topological polar surface area (TPSA) is 64.3 Å². The highest BCUT2D eigenvalue weighted by atomic mass is 19.1. The third-order valence-electron chi connectivity index (χ3n) is 2.16. The van der Waals surface area contributed by atoms with Crippen LogP contribution in [-0.4, -0.2) is 13.0 Å². The molecule has 1 aromatic carbocycles. The van der Waals surface area contributed by atoms with Crippen LogP contribution in [0, 0.1) is 11.7 Å². The summed E-state index contributed by atoms with van der Waals surface area (Å²) in [5.41, 5.74) is 6.53. The second kappa shape index (κ2) is 6.20. The summed E-state index contributed by atoms with van der Waals surface area (Å²) < 4.78 is 18.9. The lowest BCUT2D eigenvalue weighted by molar-refractivity contribution is -0.105. The van der Waals surface area contributed by atoms with E-state index in [4.69, 9.17) is 10.5 Å². The summed E-state index contributed by atoms with van der Waals surface area (Å²) in [6.45, 7) is 4.59. The molecule has 0 aliphatic carbocycles. The normalized spacial score (nSPS) is 10.4. The predicted molar refractivity (Wildman–Crippen MR) is 64.3 cm³/mol. The molecular weight excluding hydrogens is 223 g/mol. The van der Waals surface area contributed by atoms with Gasteiger partial charge in [0, 0.05) is 18.3 Å². The van der Waals surface area contributed by atoms with E-state index in [0.717, 1.165) is 0 Å². The SMILES string of the molecule is CC(C)COc1cc(CN)c(NC=O)cc1F. The van der Waals surface area contributed by atoms with Gasteiger partial charge in [0.1, 0.15) is 0 Å². The van der Waals surface area contributed by atoms with E-state index in [-0.39, 0.29) is 12.3 Å². The first kappa shape index (κ1) is 13.4. The van der Waals surface area contributed by atoms with Gasteiger partial charge in [-0.1, -0.05) is 13.8 Å². The number of benzene rings is 1. The molecule has 0 aliphatic rings. The number of hydrogen-bond donors (Lipinski definition) is 2. The van der Waals surface area contributed by atoms with Crippen LogP contribution in [-0.2, 0) is 11.3 Å². The third kappa shape index (κ3) is 3.71. The molecule has 1 amide bonds. The minimum Gasteiger partial charge on any atom is -0.490 e. The summed E-state index contributed by atoms with van der Waals surface area (Å²) in [6.07, 6.45) is 0.489. The van der Waals surface area contributed by atoms with E-state index in [9.17, 15) is 9.18 Å². The van der Waals surface area contributed by atoms with Gasteiger partial charge in [0.05, 0.1) is 6.61 Å². The van der Waals surface area contributed by atoms with E-state index >= 15 is 0 Å². The van der Waals surface area contributed by atoms with Crippen LogP contribution in [0.2, 0.25) is 0 Å². The minimum atomic E-state index is -0.507. The van der Waals surface area contributed by atoms with Crippen LogP contribution >= 0.6 is 0 Å². The molecule has 5 heteroatoms. The molecule has 0 spiro atoms. The Bertz CT molecular complexity index is 394. The number of hydrogen-bond acceptors (Lipinski definition) is 3. The maximum Gasteiger partial charge on any atom is 0.211 e. The fourth-order valence-electron chi connectivity index (χ4n) is 1.33. The average Bonchev–Trinajstić information content (AvgIpc) is 2.28. The number of nitrogens with two attached hydrogens (primary N) is 1. The predicted octanol–water partition coefficient (Wildman–Crippen LogP) is 1.89. The average molecular weight is 240 g/mol. The number of halogens is 1. The number of anilines is 1. The van der Waals surface area contributed by atoms with E-state index in [1.165, 1.54) is 12.1 Å². The van der Waals surface area contributed by atoms with E-state index in [1.807, 2.05) is 13.8 Å². The molecule has 0 radical (unpaired) electrons. The number of carbonyl (C=O) groups is 1. The molecule has 0 fully saturated rings. The van der Waals surface area contributed by atoms with E-state index in [1.54, 1.807) is 0 Å². The smallest absolute Gasteiger partial charge is 0.211 e. The molecule has 4 nitrogen and oxygen atoms in total. The van der Waals surface area contributed by atoms with Gasteiger partial charge in [0.25, 0.3) is 0 Å². The number of amides is 1. The van der Waals surface area contributed by atoms with Crippen LogP contribution in [0.3, 0.4) is 0 Å². The molecule has 3 N–H and O–H groups in total. The maximum atomic E-state index is 13.6. The van der Waals surface area contributed by atoms with Crippen LogP contribution in [0.25, 0.3) is 0 Å². The lowest BCUT2D eigenvalue weighted by Gasteiger charge is -2.13. The molecule has 0 heterocycles. The van der Waals surface area contributed by atoms with Gasteiger partial charge in [-0.2, -0.15) is 0 Å². The fraction of sp³-hybridized carbons (Fsp3) is 0.417. The number of ether oxygens (including phenoxy) is 1. The summed E-state index contributed by atoms with van der Waals surface area (Å²) in [6, 6.07) is 2.73. The maximum absolute atomic E-state index is 13.6. The molecule has 94 valence electrons. The van der Waals surface area contributed by atoms with Crippen LogP contribution < -0.4 is 15.8 Å². The van der Waals surface area contributed by atoms with Crippen LogP contribution in [0.1, 0.15) is 19.4 Å². The van der Waals surface area contributed by atoms with Crippen molar-refractivity contribution >= 4 is 12.1 Å². The Morgan fingerprint density at radius 3 is 2.76 bits per heavy atom. The molecule has 17 heavy (non-hydrogen) atoms. The van der Waals surface area contributed by atoms with Crippen LogP contribution in [0.15, 0.2) is 12.1 Å². The lowest BCUT2D eigenvalue weighted by Crippen LogP contribution is -2.09. The van der Waals surface area contributed by atoms with E-state index < -0.39 is 5.82 Å². The van der Waals surface area contributed by atoms with Crippen molar-refractivity contribution in [3.63, 3.8) is 0 Å². The first-order valence-electron chi connectivity index (χ1n) is 5.44. The Morgan fingerprint density at radius 1 is 1.53 bits per heavy atom. The van der Waals surface area contributed by atoms with Crippen molar-refractivity contribution in [3.05, 3.63) is 23.5 Å². The van der Waals surface area contributed by atoms with Crippen molar-refractivity contribution in [2.45, 2.75) is 20.4 Å². The van der Waals surface area contributed by atoms with Gasteiger partial charge in [-0.3, -0.25) is 4.79 Å². The first-order valence-corrected chi connectivity index (χ1v) is 5.44. The third-order valence-corrected chi connectivity index (χ3v) is 2.16. The van der Waals surface area contributed by atoms with Gasteiger partial charge in [-0.25, -0.2) is 4.39 Å². The van der Waals surface area contributed by atoms with Gasteiger partial charge >= 0.3 is 0 Å². The van der Waals surface area contributed by atoms with E-state index in [0.29, 0.717) is 30.2 Å². The fourth-order valence-corrected chi connectivity index (χ4v) is 1.33. The Hall–Kier alpha value is -1.62. The van der Waals surface area contributed by atoms with Gasteiger partial charge in [0.2, 0.25) is 6.41 Å². The lowest BCUT2D eigenvalue weighted by atomic mass is 10.1. The summed E-state index contributed by atoms with van der Waals surface area (Å²) in [4.78, 5) is 10.3. The Kier molecular flexibility index (Phi) is 4.90. The first-order chi connectivity index (χ1) is 8.08.